The van der Waals surface area contributed by atoms with Crippen molar-refractivity contribution >= 4 is 5.97 Å². The maximum absolute atomic E-state index is 11.7. The first-order valence-electron chi connectivity index (χ1n) is 4.08. The standard InChI is InChI=1S/C8H7F3N2O3/c9-8(10,11)4-16-3-6-12-2-1-5(13-6)7(14)15/h1-2H,3-4H2,(H,14,15). The molecule has 5 nitrogen and oxygen atoms in total. The van der Waals surface area contributed by atoms with Crippen molar-refractivity contribution in [1.29, 1.82) is 0 Å². The number of carbonyl (C=O) groups is 1. The molecule has 0 radical (unpaired) electrons. The number of alkyl halides is 3. The molecule has 0 saturated heterocycles. The van der Waals surface area contributed by atoms with E-state index < -0.39 is 25.4 Å². The van der Waals surface area contributed by atoms with Gasteiger partial charge in [0.15, 0.2) is 11.5 Å². The zero-order valence-electron chi connectivity index (χ0n) is 7.86. The van der Waals surface area contributed by atoms with Gasteiger partial charge in [-0.25, -0.2) is 14.8 Å². The molecule has 0 aliphatic heterocycles. The molecule has 1 heterocycles. The fourth-order valence-electron chi connectivity index (χ4n) is 0.846. The Morgan fingerprint density at radius 2 is 2.19 bits per heavy atom. The van der Waals surface area contributed by atoms with E-state index in [-0.39, 0.29) is 11.5 Å². The summed E-state index contributed by atoms with van der Waals surface area (Å²) in [5.74, 6) is -1.39. The fraction of sp³-hybridized carbons (Fsp3) is 0.375. The van der Waals surface area contributed by atoms with E-state index in [2.05, 4.69) is 14.7 Å². The van der Waals surface area contributed by atoms with Crippen LogP contribution in [0.25, 0.3) is 0 Å². The monoisotopic (exact) mass is 236 g/mol. The molecule has 0 bridgehead atoms. The third-order valence-electron chi connectivity index (χ3n) is 1.42. The summed E-state index contributed by atoms with van der Waals surface area (Å²) in [7, 11) is 0. The number of nitrogens with zero attached hydrogens (tertiary/aromatic N) is 2. The molecule has 0 atom stereocenters. The number of halogens is 3. The molecule has 16 heavy (non-hydrogen) atoms. The second-order valence-electron chi connectivity index (χ2n) is 2.77. The van der Waals surface area contributed by atoms with Gasteiger partial charge in [-0.2, -0.15) is 13.2 Å². The van der Waals surface area contributed by atoms with E-state index >= 15 is 0 Å². The average Bonchev–Trinajstić information content (AvgIpc) is 2.16. The molecule has 0 aromatic carbocycles. The highest BCUT2D eigenvalue weighted by atomic mass is 19.4. The Morgan fingerprint density at radius 1 is 1.50 bits per heavy atom. The SMILES string of the molecule is O=C(O)c1ccnc(COCC(F)(F)F)n1. The number of ether oxygens (including phenoxy) is 1. The summed E-state index contributed by atoms with van der Waals surface area (Å²) < 4.78 is 39.4. The van der Waals surface area contributed by atoms with Crippen molar-refractivity contribution in [2.24, 2.45) is 0 Å². The summed E-state index contributed by atoms with van der Waals surface area (Å²) in [6.07, 6.45) is -3.28. The minimum absolute atomic E-state index is 0.107. The first kappa shape index (κ1) is 12.4. The van der Waals surface area contributed by atoms with Crippen LogP contribution >= 0.6 is 0 Å². The molecule has 0 aliphatic rings. The summed E-state index contributed by atoms with van der Waals surface area (Å²) >= 11 is 0. The second-order valence-corrected chi connectivity index (χ2v) is 2.77. The molecule has 0 saturated carbocycles. The molecule has 1 aromatic heterocycles. The van der Waals surface area contributed by atoms with Crippen molar-refractivity contribution in [3.8, 4) is 0 Å². The normalized spacial score (nSPS) is 11.4. The summed E-state index contributed by atoms with van der Waals surface area (Å²) in [5, 5.41) is 8.55. The molecule has 0 fully saturated rings. The maximum atomic E-state index is 11.7. The van der Waals surface area contributed by atoms with Crippen molar-refractivity contribution in [3.05, 3.63) is 23.8 Å². The maximum Gasteiger partial charge on any atom is 0.411 e. The van der Waals surface area contributed by atoms with Crippen molar-refractivity contribution in [2.45, 2.75) is 12.8 Å². The van der Waals surface area contributed by atoms with Gasteiger partial charge < -0.3 is 9.84 Å². The molecule has 0 spiro atoms. The first-order chi connectivity index (χ1) is 7.38. The smallest absolute Gasteiger partial charge is 0.411 e. The van der Waals surface area contributed by atoms with Gasteiger partial charge in [0.1, 0.15) is 13.2 Å². The Bertz CT molecular complexity index is 381. The van der Waals surface area contributed by atoms with Crippen LogP contribution in [0.1, 0.15) is 16.3 Å². The van der Waals surface area contributed by atoms with E-state index in [0.717, 1.165) is 12.3 Å². The predicted molar refractivity (Wildman–Crippen MR) is 44.7 cm³/mol. The summed E-state index contributed by atoms with van der Waals surface area (Å²) in [6, 6.07) is 1.13. The van der Waals surface area contributed by atoms with E-state index in [9.17, 15) is 18.0 Å². The van der Waals surface area contributed by atoms with Crippen LogP contribution < -0.4 is 0 Å². The Kier molecular flexibility index (Phi) is 3.78. The zero-order chi connectivity index (χ0) is 12.2. The quantitative estimate of drug-likeness (QED) is 0.851. The van der Waals surface area contributed by atoms with Crippen LogP contribution in [-0.2, 0) is 11.3 Å². The van der Waals surface area contributed by atoms with Gasteiger partial charge in [-0.05, 0) is 6.07 Å². The lowest BCUT2D eigenvalue weighted by Crippen LogP contribution is -2.17. The van der Waals surface area contributed by atoms with Crippen LogP contribution in [0.4, 0.5) is 13.2 Å². The molecule has 1 N–H and O–H groups in total. The minimum Gasteiger partial charge on any atom is -0.477 e. The molecule has 1 aromatic rings. The number of hydrogen-bond acceptors (Lipinski definition) is 4. The molecule has 1 rings (SSSR count). The topological polar surface area (TPSA) is 72.3 Å². The van der Waals surface area contributed by atoms with Gasteiger partial charge in [0.05, 0.1) is 0 Å². The summed E-state index contributed by atoms with van der Waals surface area (Å²) in [4.78, 5) is 17.5. The molecule has 0 unspecified atom stereocenters. The largest absolute Gasteiger partial charge is 0.477 e. The van der Waals surface area contributed by atoms with Gasteiger partial charge in [-0.3, -0.25) is 0 Å². The summed E-state index contributed by atoms with van der Waals surface area (Å²) in [6.45, 7) is -1.91. The van der Waals surface area contributed by atoms with Crippen LogP contribution in [0.3, 0.4) is 0 Å². The van der Waals surface area contributed by atoms with Gasteiger partial charge in [-0.15, -0.1) is 0 Å². The Balaban J connectivity index is 2.55. The van der Waals surface area contributed by atoms with E-state index in [1.54, 1.807) is 0 Å². The summed E-state index contributed by atoms with van der Waals surface area (Å²) in [5.41, 5.74) is -0.291. The van der Waals surface area contributed by atoms with Crippen LogP contribution in [0, 0.1) is 0 Å². The van der Waals surface area contributed by atoms with Gasteiger partial charge in [0.2, 0.25) is 0 Å². The minimum atomic E-state index is -4.43. The van der Waals surface area contributed by atoms with Crippen molar-refractivity contribution < 1.29 is 27.8 Å². The van der Waals surface area contributed by atoms with Crippen LogP contribution in [-0.4, -0.2) is 33.8 Å². The fourth-order valence-corrected chi connectivity index (χ4v) is 0.846. The molecule has 0 amide bonds. The van der Waals surface area contributed by atoms with Crippen LogP contribution in [0.15, 0.2) is 12.3 Å². The van der Waals surface area contributed by atoms with E-state index in [4.69, 9.17) is 5.11 Å². The van der Waals surface area contributed by atoms with Crippen molar-refractivity contribution in [3.63, 3.8) is 0 Å². The highest BCUT2D eigenvalue weighted by Gasteiger charge is 2.27. The van der Waals surface area contributed by atoms with Gasteiger partial charge in [0.25, 0.3) is 0 Å². The Labute approximate surface area is 87.9 Å². The van der Waals surface area contributed by atoms with E-state index in [0.29, 0.717) is 0 Å². The zero-order valence-corrected chi connectivity index (χ0v) is 7.86. The number of carboxylic acid groups (broad SMARTS) is 1. The van der Waals surface area contributed by atoms with E-state index in [1.165, 1.54) is 0 Å². The lowest BCUT2D eigenvalue weighted by atomic mass is 10.4. The third kappa shape index (κ3) is 4.22. The average molecular weight is 236 g/mol. The molecular weight excluding hydrogens is 229 g/mol. The number of carboxylic acids is 1. The lowest BCUT2D eigenvalue weighted by Gasteiger charge is -2.06. The lowest BCUT2D eigenvalue weighted by molar-refractivity contribution is -0.177. The number of rotatable bonds is 4. The Morgan fingerprint density at radius 3 is 2.75 bits per heavy atom. The van der Waals surface area contributed by atoms with Crippen molar-refractivity contribution in [1.82, 2.24) is 9.97 Å². The van der Waals surface area contributed by atoms with E-state index in [1.807, 2.05) is 0 Å². The molecular formula is C8H7F3N2O3. The second kappa shape index (κ2) is 4.88. The highest BCUT2D eigenvalue weighted by Crippen LogP contribution is 2.14. The predicted octanol–water partition coefficient (Wildman–Crippen LogP) is 1.25. The highest BCUT2D eigenvalue weighted by molar-refractivity contribution is 5.85. The number of aromatic nitrogens is 2. The van der Waals surface area contributed by atoms with Crippen molar-refractivity contribution in [2.75, 3.05) is 6.61 Å². The molecule has 88 valence electrons. The Hall–Kier alpha value is -1.70. The van der Waals surface area contributed by atoms with Gasteiger partial charge in [0, 0.05) is 6.20 Å². The number of hydrogen-bond donors (Lipinski definition) is 1. The number of aromatic carboxylic acids is 1. The van der Waals surface area contributed by atoms with Crippen LogP contribution in [0.5, 0.6) is 0 Å². The first-order valence-corrected chi connectivity index (χ1v) is 4.08. The van der Waals surface area contributed by atoms with Crippen LogP contribution in [0.2, 0.25) is 0 Å². The van der Waals surface area contributed by atoms with Gasteiger partial charge in [-0.1, -0.05) is 0 Å². The molecule has 8 heteroatoms. The van der Waals surface area contributed by atoms with Gasteiger partial charge >= 0.3 is 12.1 Å². The third-order valence-corrected chi connectivity index (χ3v) is 1.42. The molecule has 0 aliphatic carbocycles.